The maximum absolute atomic E-state index is 12.6. The Bertz CT molecular complexity index is 1300. The second-order valence-electron chi connectivity index (χ2n) is 8.88. The number of aliphatic imine (C=N–C) groups is 1. The van der Waals surface area contributed by atoms with Gasteiger partial charge in [-0.25, -0.2) is 10.9 Å². The zero-order valence-corrected chi connectivity index (χ0v) is 20.9. The molecule has 36 heavy (non-hydrogen) atoms. The van der Waals surface area contributed by atoms with Gasteiger partial charge in [0.15, 0.2) is 0 Å². The Hall–Kier alpha value is -3.59. The van der Waals surface area contributed by atoms with Crippen LogP contribution in [-0.2, 0) is 4.79 Å². The van der Waals surface area contributed by atoms with Gasteiger partial charge < -0.3 is 20.7 Å². The molecule has 0 radical (unpaired) electrons. The van der Waals surface area contributed by atoms with Crippen molar-refractivity contribution < 1.29 is 9.53 Å². The highest BCUT2D eigenvalue weighted by molar-refractivity contribution is 6.30. The first-order valence-corrected chi connectivity index (χ1v) is 12.4. The smallest absolute Gasteiger partial charge is 0.222 e. The van der Waals surface area contributed by atoms with Crippen LogP contribution in [0.2, 0.25) is 5.02 Å². The van der Waals surface area contributed by atoms with Crippen molar-refractivity contribution in [3.63, 3.8) is 0 Å². The van der Waals surface area contributed by atoms with Gasteiger partial charge in [0.2, 0.25) is 5.91 Å². The Labute approximate surface area is 215 Å². The third-order valence-electron chi connectivity index (χ3n) is 6.30. The maximum atomic E-state index is 12.6. The molecule has 0 saturated carbocycles. The molecule has 8 nitrogen and oxygen atoms in total. The Morgan fingerprint density at radius 3 is 2.64 bits per heavy atom. The summed E-state index contributed by atoms with van der Waals surface area (Å²) in [6.45, 7) is 4.56. The number of nitrogens with zero attached hydrogens (tertiary/aromatic N) is 2. The van der Waals surface area contributed by atoms with E-state index in [-0.39, 0.29) is 30.7 Å². The number of hydrazine groups is 1. The van der Waals surface area contributed by atoms with E-state index in [4.69, 9.17) is 27.1 Å². The standard InChI is InChI=1S/C27H29ClN6O2/c1-3-30-25(35)15-23-27-33-32-16(2)34(27)24-12-11-21(36-20-6-4-5-19(29)13-20)14-22(24)26(31-23)17-7-9-18(28)10-8-17/h4-14,16,23,27,32-33H,3,15,29H2,1-2H3,(H,30,35). The van der Waals surface area contributed by atoms with E-state index >= 15 is 0 Å². The summed E-state index contributed by atoms with van der Waals surface area (Å²) in [5, 5.41) is 3.55. The van der Waals surface area contributed by atoms with E-state index in [1.807, 2.05) is 67.6 Å². The summed E-state index contributed by atoms with van der Waals surface area (Å²) in [5.41, 5.74) is 16.8. The Morgan fingerprint density at radius 1 is 1.11 bits per heavy atom. The number of halogens is 1. The number of carbonyl (C=O) groups is 1. The molecule has 0 aliphatic carbocycles. The van der Waals surface area contributed by atoms with E-state index in [2.05, 4.69) is 28.0 Å². The summed E-state index contributed by atoms with van der Waals surface area (Å²) >= 11 is 6.19. The third-order valence-corrected chi connectivity index (χ3v) is 6.55. The highest BCUT2D eigenvalue weighted by Gasteiger charge is 2.40. The van der Waals surface area contributed by atoms with Gasteiger partial charge in [-0.15, -0.1) is 0 Å². The number of carbonyl (C=O) groups excluding carboxylic acids is 1. The molecule has 5 rings (SSSR count). The van der Waals surface area contributed by atoms with Crippen LogP contribution in [0.15, 0.2) is 71.7 Å². The van der Waals surface area contributed by atoms with Crippen molar-refractivity contribution in [3.05, 3.63) is 82.9 Å². The minimum Gasteiger partial charge on any atom is -0.457 e. The van der Waals surface area contributed by atoms with Crippen molar-refractivity contribution in [1.82, 2.24) is 16.2 Å². The van der Waals surface area contributed by atoms with Crippen molar-refractivity contribution in [1.29, 1.82) is 0 Å². The number of fused-ring (bicyclic) bond motifs is 3. The molecule has 3 unspecified atom stereocenters. The summed E-state index contributed by atoms with van der Waals surface area (Å²) in [5.74, 6) is 1.27. The largest absolute Gasteiger partial charge is 0.457 e. The van der Waals surface area contributed by atoms with Crippen molar-refractivity contribution in [2.24, 2.45) is 4.99 Å². The van der Waals surface area contributed by atoms with Gasteiger partial charge in [0.1, 0.15) is 17.7 Å². The SMILES string of the molecule is CCNC(=O)CC1N=C(c2ccc(Cl)cc2)c2cc(Oc3cccc(N)c3)ccc2N2C(C)NNC12. The molecule has 186 valence electrons. The summed E-state index contributed by atoms with van der Waals surface area (Å²) in [4.78, 5) is 20.0. The zero-order chi connectivity index (χ0) is 25.2. The van der Waals surface area contributed by atoms with Gasteiger partial charge in [-0.05, 0) is 56.3 Å². The van der Waals surface area contributed by atoms with Gasteiger partial charge in [0.05, 0.1) is 24.3 Å². The number of ether oxygens (including phenoxy) is 1. The van der Waals surface area contributed by atoms with Crippen LogP contribution in [-0.4, -0.2) is 36.5 Å². The van der Waals surface area contributed by atoms with E-state index in [1.165, 1.54) is 0 Å². The van der Waals surface area contributed by atoms with Crippen LogP contribution in [0.4, 0.5) is 11.4 Å². The predicted molar refractivity (Wildman–Crippen MR) is 144 cm³/mol. The molecule has 2 aliphatic rings. The topological polar surface area (TPSA) is 104 Å². The number of nitrogens with two attached hydrogens (primary N) is 1. The van der Waals surface area contributed by atoms with Crippen molar-refractivity contribution >= 4 is 34.6 Å². The van der Waals surface area contributed by atoms with Crippen LogP contribution >= 0.6 is 11.6 Å². The Morgan fingerprint density at radius 2 is 1.89 bits per heavy atom. The number of anilines is 2. The van der Waals surface area contributed by atoms with E-state index < -0.39 is 0 Å². The fourth-order valence-corrected chi connectivity index (χ4v) is 4.82. The van der Waals surface area contributed by atoms with Crippen LogP contribution in [0.1, 0.15) is 31.4 Å². The molecule has 1 fully saturated rings. The summed E-state index contributed by atoms with van der Waals surface area (Å²) in [6, 6.07) is 20.5. The molecule has 2 heterocycles. The molecule has 3 aromatic rings. The minimum absolute atomic E-state index is 0.0223. The number of nitrogen functional groups attached to an aromatic ring is 1. The van der Waals surface area contributed by atoms with Crippen LogP contribution in [0.25, 0.3) is 0 Å². The molecule has 0 spiro atoms. The lowest BCUT2D eigenvalue weighted by atomic mass is 9.99. The number of hydrogen-bond acceptors (Lipinski definition) is 7. The number of hydrogen-bond donors (Lipinski definition) is 4. The molecule has 9 heteroatoms. The van der Waals surface area contributed by atoms with E-state index in [0.717, 1.165) is 22.5 Å². The fraction of sp³-hybridized carbons (Fsp3) is 0.259. The molecular weight excluding hydrogens is 476 g/mol. The zero-order valence-electron chi connectivity index (χ0n) is 20.2. The summed E-state index contributed by atoms with van der Waals surface area (Å²) in [6.07, 6.45) is 0.00602. The quantitative estimate of drug-likeness (QED) is 0.378. The average molecular weight is 505 g/mol. The van der Waals surface area contributed by atoms with Crippen LogP contribution in [0, 0.1) is 0 Å². The van der Waals surface area contributed by atoms with Crippen LogP contribution in [0.3, 0.4) is 0 Å². The lowest BCUT2D eigenvalue weighted by Gasteiger charge is -2.31. The highest BCUT2D eigenvalue weighted by Crippen LogP contribution is 2.37. The summed E-state index contributed by atoms with van der Waals surface area (Å²) in [7, 11) is 0. The van der Waals surface area contributed by atoms with Gasteiger partial charge in [-0.2, -0.15) is 0 Å². The maximum Gasteiger partial charge on any atom is 0.222 e. The van der Waals surface area contributed by atoms with Crippen LogP contribution < -0.4 is 31.5 Å². The fourth-order valence-electron chi connectivity index (χ4n) is 4.69. The molecule has 1 amide bonds. The predicted octanol–water partition coefficient (Wildman–Crippen LogP) is 4.05. The number of benzene rings is 3. The Balaban J connectivity index is 1.63. The van der Waals surface area contributed by atoms with Gasteiger partial charge in [0, 0.05) is 40.1 Å². The normalized spacial score (nSPS) is 20.7. The molecule has 3 aromatic carbocycles. The molecule has 5 N–H and O–H groups in total. The van der Waals surface area contributed by atoms with Crippen molar-refractivity contribution in [2.45, 2.75) is 38.6 Å². The number of amides is 1. The summed E-state index contributed by atoms with van der Waals surface area (Å²) < 4.78 is 6.16. The first kappa shape index (κ1) is 24.1. The van der Waals surface area contributed by atoms with E-state index in [9.17, 15) is 4.79 Å². The molecule has 0 bridgehead atoms. The monoisotopic (exact) mass is 504 g/mol. The van der Waals surface area contributed by atoms with Crippen molar-refractivity contribution in [2.75, 3.05) is 17.2 Å². The highest BCUT2D eigenvalue weighted by atomic mass is 35.5. The van der Waals surface area contributed by atoms with Crippen molar-refractivity contribution in [3.8, 4) is 11.5 Å². The molecule has 0 aromatic heterocycles. The second kappa shape index (κ2) is 10.2. The van der Waals surface area contributed by atoms with Gasteiger partial charge in [-0.3, -0.25) is 9.79 Å². The minimum atomic E-state index is -0.342. The lowest BCUT2D eigenvalue weighted by molar-refractivity contribution is -0.121. The van der Waals surface area contributed by atoms with Gasteiger partial charge in [-0.1, -0.05) is 29.8 Å². The average Bonchev–Trinajstić information content (AvgIpc) is 3.17. The van der Waals surface area contributed by atoms with Gasteiger partial charge >= 0.3 is 0 Å². The lowest BCUT2D eigenvalue weighted by Crippen LogP contribution is -2.47. The van der Waals surface area contributed by atoms with Crippen LogP contribution in [0.5, 0.6) is 11.5 Å². The molecule has 2 aliphatic heterocycles. The van der Waals surface area contributed by atoms with E-state index in [0.29, 0.717) is 28.8 Å². The molecule has 3 atom stereocenters. The number of nitrogens with one attached hydrogen (secondary N) is 3. The third kappa shape index (κ3) is 4.88. The number of rotatable bonds is 6. The van der Waals surface area contributed by atoms with Gasteiger partial charge in [0.25, 0.3) is 0 Å². The second-order valence-corrected chi connectivity index (χ2v) is 9.32. The van der Waals surface area contributed by atoms with E-state index in [1.54, 1.807) is 6.07 Å². The molecular formula is C27H29ClN6O2. The first-order chi connectivity index (χ1) is 17.4. The molecule has 1 saturated heterocycles. The Kier molecular flexibility index (Phi) is 6.82. The first-order valence-electron chi connectivity index (χ1n) is 12.0.